The van der Waals surface area contributed by atoms with Crippen LogP contribution in [0.25, 0.3) is 22.2 Å². The lowest BCUT2D eigenvalue weighted by molar-refractivity contribution is 0.242. The van der Waals surface area contributed by atoms with E-state index in [0.717, 1.165) is 43.1 Å². The number of pyridine rings is 1. The second-order valence-corrected chi connectivity index (χ2v) is 7.01. The van der Waals surface area contributed by atoms with Crippen molar-refractivity contribution >= 4 is 10.8 Å². The van der Waals surface area contributed by atoms with Gasteiger partial charge in [-0.2, -0.15) is 0 Å². The van der Waals surface area contributed by atoms with Crippen LogP contribution in [0.4, 0.5) is 0 Å². The van der Waals surface area contributed by atoms with Crippen LogP contribution in [0.5, 0.6) is 0 Å². The third-order valence-electron chi connectivity index (χ3n) is 5.22. The largest absolute Gasteiger partial charge is 0.293 e. The molecule has 0 spiro atoms. The molecule has 1 aliphatic rings. The lowest BCUT2D eigenvalue weighted by atomic mass is 10.0. The third kappa shape index (κ3) is 3.20. The topological polar surface area (TPSA) is 41.9 Å². The zero-order valence-electron chi connectivity index (χ0n) is 15.0. The average molecular weight is 352 g/mol. The molecule has 0 fully saturated rings. The van der Waals surface area contributed by atoms with Crippen LogP contribution in [-0.4, -0.2) is 26.4 Å². The Morgan fingerprint density at radius 3 is 2.78 bits per heavy atom. The molecule has 0 saturated carbocycles. The van der Waals surface area contributed by atoms with Crippen molar-refractivity contribution < 1.29 is 0 Å². The van der Waals surface area contributed by atoms with Crippen LogP contribution in [0.15, 0.2) is 73.2 Å². The van der Waals surface area contributed by atoms with Gasteiger partial charge in [-0.1, -0.05) is 48.5 Å². The van der Waals surface area contributed by atoms with Crippen LogP contribution >= 0.6 is 0 Å². The van der Waals surface area contributed by atoms with E-state index in [1.165, 1.54) is 21.9 Å². The first-order valence-corrected chi connectivity index (χ1v) is 9.31. The van der Waals surface area contributed by atoms with Gasteiger partial charge >= 0.3 is 0 Å². The van der Waals surface area contributed by atoms with Crippen molar-refractivity contribution in [2.45, 2.75) is 19.5 Å². The Morgan fingerprint density at radius 2 is 1.85 bits per heavy atom. The van der Waals surface area contributed by atoms with Crippen LogP contribution in [0.1, 0.15) is 16.8 Å². The fourth-order valence-corrected chi connectivity index (χ4v) is 3.79. The van der Waals surface area contributed by atoms with Crippen LogP contribution in [0.2, 0.25) is 0 Å². The second-order valence-electron chi connectivity index (χ2n) is 7.01. The Labute approximate surface area is 158 Å². The van der Waals surface area contributed by atoms with Crippen molar-refractivity contribution in [2.24, 2.45) is 0 Å². The molecule has 0 aliphatic carbocycles. The molecule has 0 amide bonds. The van der Waals surface area contributed by atoms with E-state index in [-0.39, 0.29) is 0 Å². The first kappa shape index (κ1) is 16.1. The summed E-state index contributed by atoms with van der Waals surface area (Å²) < 4.78 is 0. The van der Waals surface area contributed by atoms with Gasteiger partial charge in [0, 0.05) is 49.2 Å². The molecule has 4 nitrogen and oxygen atoms in total. The summed E-state index contributed by atoms with van der Waals surface area (Å²) in [5, 5.41) is 2.48. The molecule has 1 aliphatic heterocycles. The van der Waals surface area contributed by atoms with Crippen LogP contribution in [-0.2, 0) is 19.5 Å². The highest BCUT2D eigenvalue weighted by molar-refractivity contribution is 5.84. The number of nitrogens with zero attached hydrogens (tertiary/aromatic N) is 4. The third-order valence-corrected chi connectivity index (χ3v) is 5.22. The minimum absolute atomic E-state index is 0.812. The maximum Gasteiger partial charge on any atom is 0.159 e. The van der Waals surface area contributed by atoms with E-state index in [1.807, 2.05) is 36.8 Å². The van der Waals surface area contributed by atoms with E-state index < -0.39 is 0 Å². The number of hydrogen-bond acceptors (Lipinski definition) is 4. The fourth-order valence-electron chi connectivity index (χ4n) is 3.79. The van der Waals surface area contributed by atoms with Crippen molar-refractivity contribution in [1.82, 2.24) is 19.9 Å². The number of aromatic nitrogens is 3. The fraction of sp³-hybridized carbons (Fsp3) is 0.174. The van der Waals surface area contributed by atoms with Crippen molar-refractivity contribution in [3.63, 3.8) is 0 Å². The molecule has 3 heterocycles. The molecular formula is C23H20N4. The molecule has 0 radical (unpaired) electrons. The number of fused-ring (bicyclic) bond motifs is 2. The lowest BCUT2D eigenvalue weighted by Crippen LogP contribution is -2.31. The van der Waals surface area contributed by atoms with E-state index in [0.29, 0.717) is 0 Å². The van der Waals surface area contributed by atoms with Gasteiger partial charge in [-0.3, -0.25) is 9.88 Å². The van der Waals surface area contributed by atoms with Crippen LogP contribution in [0.3, 0.4) is 0 Å². The molecule has 2 aromatic carbocycles. The highest BCUT2D eigenvalue weighted by Crippen LogP contribution is 2.24. The van der Waals surface area contributed by atoms with Crippen molar-refractivity contribution in [3.8, 4) is 11.4 Å². The number of rotatable bonds is 3. The Morgan fingerprint density at radius 1 is 0.926 bits per heavy atom. The zero-order valence-corrected chi connectivity index (χ0v) is 15.0. The number of benzene rings is 2. The molecule has 4 heteroatoms. The SMILES string of the molecule is c1ccc(-c2ncc3c(n2)CN(Cc2cccc4cnccc24)CC3)cc1. The molecule has 0 saturated heterocycles. The quantitative estimate of drug-likeness (QED) is 0.553. The Kier molecular flexibility index (Phi) is 4.11. The summed E-state index contributed by atoms with van der Waals surface area (Å²) in [4.78, 5) is 16.2. The maximum atomic E-state index is 4.87. The molecule has 0 unspecified atom stereocenters. The van der Waals surface area contributed by atoms with Gasteiger partial charge in [-0.15, -0.1) is 0 Å². The van der Waals surface area contributed by atoms with E-state index in [2.05, 4.69) is 51.3 Å². The van der Waals surface area contributed by atoms with Crippen molar-refractivity contribution in [3.05, 3.63) is 90.0 Å². The van der Waals surface area contributed by atoms with E-state index in [4.69, 9.17) is 4.98 Å². The summed E-state index contributed by atoms with van der Waals surface area (Å²) in [5.74, 6) is 0.812. The summed E-state index contributed by atoms with van der Waals surface area (Å²) in [6.45, 7) is 2.81. The van der Waals surface area contributed by atoms with E-state index in [1.54, 1.807) is 0 Å². The summed E-state index contributed by atoms with van der Waals surface area (Å²) in [5.41, 5.74) is 4.83. The van der Waals surface area contributed by atoms with Gasteiger partial charge in [0.1, 0.15) is 0 Å². The van der Waals surface area contributed by atoms with Crippen LogP contribution in [0, 0.1) is 0 Å². The Bertz CT molecular complexity index is 1090. The Balaban J connectivity index is 1.42. The maximum absolute atomic E-state index is 4.87. The van der Waals surface area contributed by atoms with Crippen molar-refractivity contribution in [2.75, 3.05) is 6.54 Å². The van der Waals surface area contributed by atoms with Gasteiger partial charge in [0.25, 0.3) is 0 Å². The van der Waals surface area contributed by atoms with Gasteiger partial charge in [0.15, 0.2) is 5.82 Å². The molecule has 4 aromatic rings. The molecule has 0 bridgehead atoms. The molecule has 5 rings (SSSR count). The molecular weight excluding hydrogens is 332 g/mol. The standard InChI is InChI=1S/C23H20N4/c1-2-5-17(6-3-1)23-25-14-19-10-12-27(16-22(19)26-23)15-20-8-4-7-18-13-24-11-9-21(18)20/h1-9,11,13-14H,10,12,15-16H2. The smallest absolute Gasteiger partial charge is 0.159 e. The Hall–Kier alpha value is -3.11. The van der Waals surface area contributed by atoms with Crippen LogP contribution < -0.4 is 0 Å². The number of hydrogen-bond donors (Lipinski definition) is 0. The summed E-state index contributed by atoms with van der Waals surface area (Å²) >= 11 is 0. The molecule has 2 aromatic heterocycles. The van der Waals surface area contributed by atoms with Gasteiger partial charge in [0.05, 0.1) is 5.69 Å². The normalized spacial score (nSPS) is 14.2. The minimum atomic E-state index is 0.812. The van der Waals surface area contributed by atoms with E-state index in [9.17, 15) is 0 Å². The minimum Gasteiger partial charge on any atom is -0.293 e. The summed E-state index contributed by atoms with van der Waals surface area (Å²) in [7, 11) is 0. The van der Waals surface area contributed by atoms with Gasteiger partial charge in [0.2, 0.25) is 0 Å². The predicted octanol–water partition coefficient (Wildman–Crippen LogP) is 4.25. The molecule has 132 valence electrons. The van der Waals surface area contributed by atoms with Gasteiger partial charge < -0.3 is 0 Å². The monoisotopic (exact) mass is 352 g/mol. The van der Waals surface area contributed by atoms with Crippen molar-refractivity contribution in [1.29, 1.82) is 0 Å². The summed E-state index contributed by atoms with van der Waals surface area (Å²) in [6.07, 6.45) is 6.81. The molecule has 0 N–H and O–H groups in total. The average Bonchev–Trinajstić information content (AvgIpc) is 2.74. The predicted molar refractivity (Wildman–Crippen MR) is 107 cm³/mol. The van der Waals surface area contributed by atoms with Gasteiger partial charge in [-0.05, 0) is 29.0 Å². The highest BCUT2D eigenvalue weighted by Gasteiger charge is 2.19. The molecule has 27 heavy (non-hydrogen) atoms. The molecule has 0 atom stereocenters. The summed E-state index contributed by atoms with van der Waals surface area (Å²) in [6, 6.07) is 18.8. The first-order valence-electron chi connectivity index (χ1n) is 9.31. The lowest BCUT2D eigenvalue weighted by Gasteiger charge is -2.28. The van der Waals surface area contributed by atoms with Gasteiger partial charge in [-0.25, -0.2) is 9.97 Å². The first-order chi connectivity index (χ1) is 13.4. The zero-order chi connectivity index (χ0) is 18.1. The van der Waals surface area contributed by atoms with E-state index >= 15 is 0 Å². The highest BCUT2D eigenvalue weighted by atomic mass is 15.1. The second kappa shape index (κ2) is 6.89.